The van der Waals surface area contributed by atoms with Crippen molar-refractivity contribution in [3.63, 3.8) is 0 Å². The van der Waals surface area contributed by atoms with Crippen LogP contribution in [0.4, 0.5) is 11.5 Å². The first kappa shape index (κ1) is 14.5. The van der Waals surface area contributed by atoms with E-state index in [4.69, 9.17) is 0 Å². The molecule has 0 aromatic carbocycles. The third-order valence-corrected chi connectivity index (χ3v) is 2.39. The van der Waals surface area contributed by atoms with Crippen LogP contribution in [0, 0.1) is 11.3 Å². The molecule has 0 spiro atoms. The lowest BCUT2D eigenvalue weighted by atomic mass is 9.96. The number of nitrogens with zero attached hydrogens (tertiary/aromatic N) is 1. The van der Waals surface area contributed by atoms with Crippen LogP contribution in [0.1, 0.15) is 34.6 Å². The number of carbonyl (C=O) groups excluding carboxylic acids is 1. The molecule has 1 rings (SSSR count). The Morgan fingerprint density at radius 2 is 2.00 bits per heavy atom. The zero-order valence-electron chi connectivity index (χ0n) is 11.9. The molecule has 0 bridgehead atoms. The molecule has 4 heteroatoms. The van der Waals surface area contributed by atoms with Gasteiger partial charge in [0.1, 0.15) is 5.82 Å². The summed E-state index contributed by atoms with van der Waals surface area (Å²) in [5, 5.41) is 6.08. The van der Waals surface area contributed by atoms with E-state index in [-0.39, 0.29) is 5.91 Å². The molecule has 4 nitrogen and oxygen atoms in total. The van der Waals surface area contributed by atoms with Crippen molar-refractivity contribution in [1.29, 1.82) is 0 Å². The van der Waals surface area contributed by atoms with Crippen molar-refractivity contribution in [2.75, 3.05) is 17.2 Å². The van der Waals surface area contributed by atoms with Crippen LogP contribution < -0.4 is 10.6 Å². The van der Waals surface area contributed by atoms with E-state index in [1.165, 1.54) is 0 Å². The minimum atomic E-state index is -0.394. The maximum Gasteiger partial charge on any atom is 0.229 e. The van der Waals surface area contributed by atoms with Gasteiger partial charge in [-0.2, -0.15) is 0 Å². The van der Waals surface area contributed by atoms with Crippen LogP contribution in [0.25, 0.3) is 0 Å². The average Bonchev–Trinajstić information content (AvgIpc) is 2.26. The van der Waals surface area contributed by atoms with Crippen molar-refractivity contribution >= 4 is 17.4 Å². The molecule has 18 heavy (non-hydrogen) atoms. The third-order valence-electron chi connectivity index (χ3n) is 2.39. The standard InChI is InChI=1S/C14H23N3O/c1-10(2)8-15-12-7-6-11(9-16-12)17-13(18)14(3,4)5/h6-7,9-10H,8H2,1-5H3,(H,15,16)(H,17,18). The number of rotatable bonds is 4. The summed E-state index contributed by atoms with van der Waals surface area (Å²) in [4.78, 5) is 16.0. The van der Waals surface area contributed by atoms with Gasteiger partial charge in [-0.1, -0.05) is 34.6 Å². The highest BCUT2D eigenvalue weighted by Crippen LogP contribution is 2.17. The van der Waals surface area contributed by atoms with Crippen molar-refractivity contribution < 1.29 is 4.79 Å². The first-order valence-electron chi connectivity index (χ1n) is 6.30. The molecule has 0 aliphatic carbocycles. The summed E-state index contributed by atoms with van der Waals surface area (Å²) in [7, 11) is 0. The van der Waals surface area contributed by atoms with E-state index in [0.717, 1.165) is 18.1 Å². The molecule has 1 aromatic heterocycles. The van der Waals surface area contributed by atoms with E-state index >= 15 is 0 Å². The quantitative estimate of drug-likeness (QED) is 0.862. The molecule has 1 heterocycles. The molecule has 0 fully saturated rings. The Labute approximate surface area is 109 Å². The second-order valence-corrected chi connectivity index (χ2v) is 5.91. The second-order valence-electron chi connectivity index (χ2n) is 5.91. The van der Waals surface area contributed by atoms with Gasteiger partial charge < -0.3 is 10.6 Å². The molecular weight excluding hydrogens is 226 g/mol. The Morgan fingerprint density at radius 3 is 2.44 bits per heavy atom. The molecular formula is C14H23N3O. The fourth-order valence-electron chi connectivity index (χ4n) is 1.20. The van der Waals surface area contributed by atoms with Gasteiger partial charge in [-0.3, -0.25) is 4.79 Å². The van der Waals surface area contributed by atoms with Crippen LogP contribution in [0.15, 0.2) is 18.3 Å². The lowest BCUT2D eigenvalue weighted by Gasteiger charge is -2.17. The van der Waals surface area contributed by atoms with Gasteiger partial charge in [-0.25, -0.2) is 4.98 Å². The molecule has 0 aliphatic rings. The number of hydrogen-bond acceptors (Lipinski definition) is 3. The summed E-state index contributed by atoms with van der Waals surface area (Å²) < 4.78 is 0. The van der Waals surface area contributed by atoms with Gasteiger partial charge in [-0.05, 0) is 18.1 Å². The SMILES string of the molecule is CC(C)CNc1ccc(NC(=O)C(C)(C)C)cn1. The molecule has 1 amide bonds. The first-order chi connectivity index (χ1) is 8.29. The van der Waals surface area contributed by atoms with Crippen LogP contribution >= 0.6 is 0 Å². The van der Waals surface area contributed by atoms with E-state index in [1.807, 2.05) is 32.9 Å². The molecule has 2 N–H and O–H groups in total. The van der Waals surface area contributed by atoms with Crippen LogP contribution in [0.2, 0.25) is 0 Å². The van der Waals surface area contributed by atoms with Crippen LogP contribution in [-0.4, -0.2) is 17.4 Å². The topological polar surface area (TPSA) is 54.0 Å². The number of pyridine rings is 1. The summed E-state index contributed by atoms with van der Waals surface area (Å²) in [5.74, 6) is 1.40. The number of aromatic nitrogens is 1. The van der Waals surface area contributed by atoms with Crippen molar-refractivity contribution in [3.05, 3.63) is 18.3 Å². The molecule has 100 valence electrons. The van der Waals surface area contributed by atoms with E-state index in [9.17, 15) is 4.79 Å². The zero-order chi connectivity index (χ0) is 13.8. The van der Waals surface area contributed by atoms with Crippen molar-refractivity contribution in [1.82, 2.24) is 4.98 Å². The van der Waals surface area contributed by atoms with Gasteiger partial charge in [0.05, 0.1) is 11.9 Å². The third kappa shape index (κ3) is 4.73. The maximum absolute atomic E-state index is 11.8. The fraction of sp³-hybridized carbons (Fsp3) is 0.571. The molecule has 0 saturated heterocycles. The molecule has 0 atom stereocenters. The highest BCUT2D eigenvalue weighted by Gasteiger charge is 2.21. The average molecular weight is 249 g/mol. The lowest BCUT2D eigenvalue weighted by molar-refractivity contribution is -0.123. The number of nitrogens with one attached hydrogen (secondary N) is 2. The smallest absolute Gasteiger partial charge is 0.229 e. The minimum Gasteiger partial charge on any atom is -0.370 e. The minimum absolute atomic E-state index is 0.00723. The van der Waals surface area contributed by atoms with Gasteiger partial charge in [-0.15, -0.1) is 0 Å². The van der Waals surface area contributed by atoms with E-state index < -0.39 is 5.41 Å². The number of anilines is 2. The molecule has 1 aromatic rings. The first-order valence-corrected chi connectivity index (χ1v) is 6.30. The van der Waals surface area contributed by atoms with Gasteiger partial charge in [0.15, 0.2) is 0 Å². The summed E-state index contributed by atoms with van der Waals surface area (Å²) in [5.41, 5.74) is 0.333. The Morgan fingerprint density at radius 1 is 1.33 bits per heavy atom. The van der Waals surface area contributed by atoms with Crippen molar-refractivity contribution in [2.24, 2.45) is 11.3 Å². The van der Waals surface area contributed by atoms with E-state index in [2.05, 4.69) is 29.5 Å². The lowest BCUT2D eigenvalue weighted by Crippen LogP contribution is -2.27. The van der Waals surface area contributed by atoms with Gasteiger partial charge in [0.25, 0.3) is 0 Å². The van der Waals surface area contributed by atoms with Gasteiger partial charge >= 0.3 is 0 Å². The predicted octanol–water partition coefficient (Wildman–Crippen LogP) is 3.13. The normalized spacial score (nSPS) is 11.4. The van der Waals surface area contributed by atoms with Crippen molar-refractivity contribution in [2.45, 2.75) is 34.6 Å². The zero-order valence-corrected chi connectivity index (χ0v) is 11.9. The highest BCUT2D eigenvalue weighted by atomic mass is 16.2. The van der Waals surface area contributed by atoms with Gasteiger partial charge in [0, 0.05) is 12.0 Å². The second kappa shape index (κ2) is 5.85. The molecule has 0 radical (unpaired) electrons. The summed E-state index contributed by atoms with van der Waals surface area (Å²) in [6.45, 7) is 10.8. The maximum atomic E-state index is 11.8. The highest BCUT2D eigenvalue weighted by molar-refractivity contribution is 5.94. The Bertz CT molecular complexity index is 390. The van der Waals surface area contributed by atoms with E-state index in [0.29, 0.717) is 5.92 Å². The monoisotopic (exact) mass is 249 g/mol. The predicted molar refractivity (Wildman–Crippen MR) is 75.6 cm³/mol. The van der Waals surface area contributed by atoms with Crippen LogP contribution in [0.5, 0.6) is 0 Å². The molecule has 0 aliphatic heterocycles. The van der Waals surface area contributed by atoms with Crippen LogP contribution in [-0.2, 0) is 4.79 Å². The molecule has 0 unspecified atom stereocenters. The van der Waals surface area contributed by atoms with E-state index in [1.54, 1.807) is 6.20 Å². The summed E-state index contributed by atoms with van der Waals surface area (Å²) in [6.07, 6.45) is 1.67. The Balaban J connectivity index is 2.58. The van der Waals surface area contributed by atoms with Crippen LogP contribution in [0.3, 0.4) is 0 Å². The number of amides is 1. The Hall–Kier alpha value is -1.58. The Kier molecular flexibility index (Phi) is 4.70. The molecule has 0 saturated carbocycles. The summed E-state index contributed by atoms with van der Waals surface area (Å²) >= 11 is 0. The largest absolute Gasteiger partial charge is 0.370 e. The van der Waals surface area contributed by atoms with Crippen molar-refractivity contribution in [3.8, 4) is 0 Å². The van der Waals surface area contributed by atoms with Gasteiger partial charge in [0.2, 0.25) is 5.91 Å². The number of carbonyl (C=O) groups is 1. The summed E-state index contributed by atoms with van der Waals surface area (Å²) in [6, 6.07) is 3.74. The fourth-order valence-corrected chi connectivity index (χ4v) is 1.20. The number of hydrogen-bond donors (Lipinski definition) is 2.